The van der Waals surface area contributed by atoms with Gasteiger partial charge in [-0.05, 0) is 30.3 Å². The highest BCUT2D eigenvalue weighted by Gasteiger charge is 2.11. The quantitative estimate of drug-likeness (QED) is 0.570. The summed E-state index contributed by atoms with van der Waals surface area (Å²) in [5, 5.41) is 0.328. The molecule has 2 aromatic carbocycles. The molecule has 0 aliphatic carbocycles. The van der Waals surface area contributed by atoms with Crippen LogP contribution in [0.5, 0.6) is 0 Å². The topological polar surface area (TPSA) is 72.1 Å². The number of halogens is 2. The summed E-state index contributed by atoms with van der Waals surface area (Å²) >= 11 is 1.08. The zero-order valence-electron chi connectivity index (χ0n) is 13.0. The Kier molecular flexibility index (Phi) is 4.80. The second kappa shape index (κ2) is 7.02. The van der Waals surface area contributed by atoms with E-state index in [9.17, 15) is 18.4 Å². The molecule has 0 radical (unpaired) electrons. The van der Waals surface area contributed by atoms with Gasteiger partial charge in [0.15, 0.2) is 0 Å². The summed E-state index contributed by atoms with van der Waals surface area (Å²) in [4.78, 5) is 30.9. The van der Waals surface area contributed by atoms with Gasteiger partial charge in [-0.25, -0.2) is 18.6 Å². The molecule has 128 valence electrons. The molecule has 0 bridgehead atoms. The molecule has 0 saturated carbocycles. The Hall–Kier alpha value is -2.74. The summed E-state index contributed by atoms with van der Waals surface area (Å²) < 4.78 is 31.2. The van der Waals surface area contributed by atoms with Crippen LogP contribution in [0.1, 0.15) is 16.2 Å². The Morgan fingerprint density at radius 3 is 2.76 bits per heavy atom. The number of esters is 1. The number of nitrogens with one attached hydrogen (secondary N) is 1. The lowest BCUT2D eigenvalue weighted by Gasteiger charge is -2.06. The number of carbonyl (C=O) groups excluding carboxylic acids is 1. The molecule has 5 nitrogen and oxygen atoms in total. The Labute approximate surface area is 145 Å². The summed E-state index contributed by atoms with van der Waals surface area (Å²) in [5.74, 6) is -1.38. The second-order valence-corrected chi connectivity index (χ2v) is 6.12. The average molecular weight is 362 g/mol. The lowest BCUT2D eigenvalue weighted by molar-refractivity contribution is 0.0601. The van der Waals surface area contributed by atoms with E-state index >= 15 is 0 Å². The number of hydrogen-bond acceptors (Lipinski definition) is 5. The van der Waals surface area contributed by atoms with Crippen molar-refractivity contribution < 1.29 is 18.3 Å². The molecule has 25 heavy (non-hydrogen) atoms. The van der Waals surface area contributed by atoms with Gasteiger partial charge in [0.25, 0.3) is 5.56 Å². The van der Waals surface area contributed by atoms with Crippen molar-refractivity contribution >= 4 is 28.6 Å². The van der Waals surface area contributed by atoms with Crippen LogP contribution in [0.4, 0.5) is 8.78 Å². The lowest BCUT2D eigenvalue weighted by Crippen LogP contribution is -2.12. The third-order valence-corrected chi connectivity index (χ3v) is 4.49. The number of carbonyl (C=O) groups is 1. The Morgan fingerprint density at radius 1 is 1.24 bits per heavy atom. The van der Waals surface area contributed by atoms with Gasteiger partial charge in [-0.1, -0.05) is 0 Å². The SMILES string of the molecule is COC(=O)c1ccc2c(=O)[nH]c(CSc3ccc(F)cc3F)nc2c1. The fourth-order valence-electron chi connectivity index (χ4n) is 2.24. The van der Waals surface area contributed by atoms with Crippen molar-refractivity contribution in [1.82, 2.24) is 9.97 Å². The van der Waals surface area contributed by atoms with Gasteiger partial charge in [-0.2, -0.15) is 0 Å². The molecule has 0 saturated heterocycles. The summed E-state index contributed by atoms with van der Waals surface area (Å²) in [5.41, 5.74) is 0.245. The first-order chi connectivity index (χ1) is 12.0. The molecule has 1 heterocycles. The van der Waals surface area contributed by atoms with Crippen molar-refractivity contribution in [2.75, 3.05) is 7.11 Å². The summed E-state index contributed by atoms with van der Waals surface area (Å²) in [6, 6.07) is 7.70. The summed E-state index contributed by atoms with van der Waals surface area (Å²) in [6.45, 7) is 0. The van der Waals surface area contributed by atoms with Gasteiger partial charge < -0.3 is 9.72 Å². The number of nitrogens with zero attached hydrogens (tertiary/aromatic N) is 1. The number of aromatic nitrogens is 2. The molecule has 3 rings (SSSR count). The minimum atomic E-state index is -0.680. The standard InChI is InChI=1S/C17H12F2N2O3S/c1-24-17(23)9-2-4-11-13(6-9)20-15(21-16(11)22)8-25-14-5-3-10(18)7-12(14)19/h2-7H,8H2,1H3,(H,20,21,22). The molecule has 1 aromatic heterocycles. The molecule has 0 aliphatic heterocycles. The molecule has 0 unspecified atom stereocenters. The van der Waals surface area contributed by atoms with E-state index in [1.807, 2.05) is 0 Å². The van der Waals surface area contributed by atoms with E-state index in [0.29, 0.717) is 16.7 Å². The van der Waals surface area contributed by atoms with Crippen LogP contribution in [0.15, 0.2) is 46.1 Å². The number of benzene rings is 2. The predicted octanol–water partition coefficient (Wildman–Crippen LogP) is 3.28. The summed E-state index contributed by atoms with van der Waals surface area (Å²) in [6.07, 6.45) is 0. The van der Waals surface area contributed by atoms with Gasteiger partial charge in [0.2, 0.25) is 0 Å². The van der Waals surface area contributed by atoms with Crippen molar-refractivity contribution in [1.29, 1.82) is 0 Å². The van der Waals surface area contributed by atoms with Gasteiger partial charge in [-0.15, -0.1) is 11.8 Å². The average Bonchev–Trinajstić information content (AvgIpc) is 2.59. The van der Waals surface area contributed by atoms with Crippen LogP contribution in [0, 0.1) is 11.6 Å². The zero-order valence-corrected chi connectivity index (χ0v) is 13.8. The molecule has 0 fully saturated rings. The Bertz CT molecular complexity index is 1020. The molecule has 0 amide bonds. The molecular weight excluding hydrogens is 350 g/mol. The Morgan fingerprint density at radius 2 is 2.04 bits per heavy atom. The van der Waals surface area contributed by atoms with E-state index in [4.69, 9.17) is 0 Å². The number of aromatic amines is 1. The number of hydrogen-bond donors (Lipinski definition) is 1. The Balaban J connectivity index is 1.91. The minimum Gasteiger partial charge on any atom is -0.465 e. The van der Waals surface area contributed by atoms with Crippen LogP contribution < -0.4 is 5.56 Å². The molecule has 0 spiro atoms. The number of rotatable bonds is 4. The van der Waals surface area contributed by atoms with E-state index in [-0.39, 0.29) is 21.8 Å². The minimum absolute atomic E-state index is 0.177. The van der Waals surface area contributed by atoms with Crippen molar-refractivity contribution in [3.63, 3.8) is 0 Å². The van der Waals surface area contributed by atoms with Crippen LogP contribution in [-0.2, 0) is 10.5 Å². The van der Waals surface area contributed by atoms with Crippen molar-refractivity contribution in [2.45, 2.75) is 10.6 Å². The van der Waals surface area contributed by atoms with Gasteiger partial charge in [-0.3, -0.25) is 4.79 Å². The van der Waals surface area contributed by atoms with Gasteiger partial charge in [0.1, 0.15) is 17.5 Å². The fraction of sp³-hybridized carbons (Fsp3) is 0.118. The number of H-pyrrole nitrogens is 1. The van der Waals surface area contributed by atoms with Gasteiger partial charge >= 0.3 is 5.97 Å². The van der Waals surface area contributed by atoms with E-state index in [0.717, 1.165) is 23.9 Å². The zero-order chi connectivity index (χ0) is 18.0. The highest BCUT2D eigenvalue weighted by molar-refractivity contribution is 7.98. The first-order valence-electron chi connectivity index (χ1n) is 7.17. The van der Waals surface area contributed by atoms with Gasteiger partial charge in [0.05, 0.1) is 29.3 Å². The molecule has 8 heteroatoms. The molecule has 0 aliphatic rings. The lowest BCUT2D eigenvalue weighted by atomic mass is 10.1. The van der Waals surface area contributed by atoms with Crippen molar-refractivity contribution in [2.24, 2.45) is 0 Å². The molecular formula is C17H12F2N2O3S. The van der Waals surface area contributed by atoms with E-state index in [2.05, 4.69) is 14.7 Å². The predicted molar refractivity (Wildman–Crippen MR) is 89.6 cm³/mol. The number of ether oxygens (including phenoxy) is 1. The number of thioether (sulfide) groups is 1. The van der Waals surface area contributed by atoms with Crippen molar-refractivity contribution in [3.8, 4) is 0 Å². The smallest absolute Gasteiger partial charge is 0.337 e. The van der Waals surface area contributed by atoms with E-state index < -0.39 is 17.6 Å². The fourth-order valence-corrected chi connectivity index (χ4v) is 3.03. The summed E-state index contributed by atoms with van der Waals surface area (Å²) in [7, 11) is 1.26. The number of fused-ring (bicyclic) bond motifs is 1. The van der Waals surface area contributed by atoms with E-state index in [1.165, 1.54) is 31.4 Å². The van der Waals surface area contributed by atoms with Gasteiger partial charge in [0, 0.05) is 11.0 Å². The van der Waals surface area contributed by atoms with E-state index in [1.54, 1.807) is 0 Å². The van der Waals surface area contributed by atoms with Crippen LogP contribution in [0.2, 0.25) is 0 Å². The van der Waals surface area contributed by atoms with Crippen LogP contribution in [0.3, 0.4) is 0 Å². The highest BCUT2D eigenvalue weighted by Crippen LogP contribution is 2.25. The maximum atomic E-state index is 13.7. The van der Waals surface area contributed by atoms with Crippen molar-refractivity contribution in [3.05, 3.63) is 69.8 Å². The largest absolute Gasteiger partial charge is 0.465 e. The normalized spacial score (nSPS) is 10.8. The second-order valence-electron chi connectivity index (χ2n) is 5.10. The van der Waals surface area contributed by atoms with Crippen LogP contribution >= 0.6 is 11.8 Å². The molecule has 1 N–H and O–H groups in total. The third kappa shape index (κ3) is 3.69. The van der Waals surface area contributed by atoms with Crippen LogP contribution in [0.25, 0.3) is 10.9 Å². The highest BCUT2D eigenvalue weighted by atomic mass is 32.2. The maximum absolute atomic E-state index is 13.7. The monoisotopic (exact) mass is 362 g/mol. The first kappa shape index (κ1) is 17.1. The van der Waals surface area contributed by atoms with Crippen LogP contribution in [-0.4, -0.2) is 23.0 Å². The molecule has 0 atom stereocenters. The third-order valence-electron chi connectivity index (χ3n) is 3.44. The maximum Gasteiger partial charge on any atom is 0.337 e. The molecule has 3 aromatic rings. The first-order valence-corrected chi connectivity index (χ1v) is 8.15. The number of methoxy groups -OCH3 is 1.